The van der Waals surface area contributed by atoms with E-state index in [0.717, 1.165) is 38.9 Å². The maximum atomic E-state index is 12.5. The van der Waals surface area contributed by atoms with Crippen molar-refractivity contribution >= 4 is 17.3 Å². The van der Waals surface area contributed by atoms with Gasteiger partial charge >= 0.3 is 0 Å². The minimum absolute atomic E-state index is 0.120. The second-order valence-electron chi connectivity index (χ2n) is 7.22. The third-order valence-corrected chi connectivity index (χ3v) is 5.48. The first-order valence-corrected chi connectivity index (χ1v) is 9.74. The fourth-order valence-corrected chi connectivity index (χ4v) is 4.13. The van der Waals surface area contributed by atoms with Gasteiger partial charge in [-0.25, -0.2) is 0 Å². The largest absolute Gasteiger partial charge is 0.369 e. The first-order valence-electron chi connectivity index (χ1n) is 9.74. The van der Waals surface area contributed by atoms with E-state index >= 15 is 0 Å². The number of rotatable bonds is 5. The average Bonchev–Trinajstić information content (AvgIpc) is 2.97. The molecule has 0 aliphatic carbocycles. The molecule has 0 saturated carbocycles. The highest BCUT2D eigenvalue weighted by Gasteiger charge is 2.19. The van der Waals surface area contributed by atoms with Crippen LogP contribution in [-0.4, -0.2) is 38.6 Å². The van der Waals surface area contributed by atoms with Crippen LogP contribution in [0.3, 0.4) is 0 Å². The van der Waals surface area contributed by atoms with Gasteiger partial charge in [0.1, 0.15) is 0 Å². The highest BCUT2D eigenvalue weighted by atomic mass is 16.2. The minimum Gasteiger partial charge on any atom is -0.369 e. The second-order valence-corrected chi connectivity index (χ2v) is 7.22. The molecule has 0 aromatic heterocycles. The average molecular weight is 349 g/mol. The number of benzene rings is 2. The van der Waals surface area contributed by atoms with E-state index in [1.807, 2.05) is 0 Å². The number of para-hydroxylation sites is 2. The summed E-state index contributed by atoms with van der Waals surface area (Å²) in [6.45, 7) is 4.04. The number of aryl methyl sites for hydroxylation is 1. The Bertz CT molecular complexity index is 773. The highest BCUT2D eigenvalue weighted by molar-refractivity contribution is 5.81. The lowest BCUT2D eigenvalue weighted by Gasteiger charge is -2.25. The molecule has 136 valence electrons. The monoisotopic (exact) mass is 349 g/mol. The minimum atomic E-state index is 0.120. The number of nitrogens with one attached hydrogen (secondary N) is 1. The Morgan fingerprint density at radius 2 is 1.54 bits per heavy atom. The van der Waals surface area contributed by atoms with E-state index in [1.54, 1.807) is 0 Å². The number of hydrogen-bond acceptors (Lipinski definition) is 3. The van der Waals surface area contributed by atoms with Gasteiger partial charge in [-0.15, -0.1) is 0 Å². The van der Waals surface area contributed by atoms with Crippen LogP contribution >= 0.6 is 0 Å². The topological polar surface area (TPSA) is 35.6 Å². The molecule has 4 rings (SSSR count). The third-order valence-electron chi connectivity index (χ3n) is 5.48. The lowest BCUT2D eigenvalue weighted by atomic mass is 10.1. The van der Waals surface area contributed by atoms with E-state index in [0.29, 0.717) is 13.1 Å². The zero-order valence-corrected chi connectivity index (χ0v) is 15.3. The van der Waals surface area contributed by atoms with Crippen molar-refractivity contribution in [3.8, 4) is 0 Å². The molecular weight excluding hydrogens is 322 g/mol. The summed E-state index contributed by atoms with van der Waals surface area (Å²) in [5.41, 5.74) is 5.34. The second kappa shape index (κ2) is 7.81. The maximum Gasteiger partial charge on any atom is 0.239 e. The van der Waals surface area contributed by atoms with Crippen molar-refractivity contribution in [2.45, 2.75) is 25.7 Å². The van der Waals surface area contributed by atoms with Gasteiger partial charge in [-0.1, -0.05) is 36.4 Å². The van der Waals surface area contributed by atoms with Gasteiger partial charge in [0.05, 0.1) is 6.54 Å². The first kappa shape index (κ1) is 17.0. The molecule has 1 amide bonds. The van der Waals surface area contributed by atoms with Gasteiger partial charge in [0.2, 0.25) is 5.91 Å². The van der Waals surface area contributed by atoms with Crippen LogP contribution in [-0.2, 0) is 17.6 Å². The van der Waals surface area contributed by atoms with Crippen molar-refractivity contribution in [3.05, 3.63) is 59.7 Å². The molecule has 26 heavy (non-hydrogen) atoms. The Morgan fingerprint density at radius 3 is 2.35 bits per heavy atom. The van der Waals surface area contributed by atoms with Gasteiger partial charge in [-0.2, -0.15) is 0 Å². The van der Waals surface area contributed by atoms with Crippen molar-refractivity contribution in [1.29, 1.82) is 0 Å². The van der Waals surface area contributed by atoms with Gasteiger partial charge in [-0.05, 0) is 48.9 Å². The third kappa shape index (κ3) is 3.69. The summed E-state index contributed by atoms with van der Waals surface area (Å²) in [6, 6.07) is 17.1. The molecule has 2 aromatic rings. The molecule has 0 atom stereocenters. The smallest absolute Gasteiger partial charge is 0.239 e. The highest BCUT2D eigenvalue weighted by Crippen LogP contribution is 2.27. The van der Waals surface area contributed by atoms with Crippen LogP contribution in [0.4, 0.5) is 11.4 Å². The number of carbonyl (C=O) groups is 1. The summed E-state index contributed by atoms with van der Waals surface area (Å²) in [6.07, 6.45) is 4.56. The van der Waals surface area contributed by atoms with E-state index in [9.17, 15) is 4.79 Å². The molecule has 2 aliphatic heterocycles. The van der Waals surface area contributed by atoms with Crippen molar-refractivity contribution in [2.75, 3.05) is 42.5 Å². The zero-order valence-electron chi connectivity index (χ0n) is 15.3. The Hall–Kier alpha value is -2.49. The van der Waals surface area contributed by atoms with Gasteiger partial charge < -0.3 is 15.1 Å². The van der Waals surface area contributed by atoms with Gasteiger partial charge in [0.25, 0.3) is 0 Å². The molecule has 0 saturated heterocycles. The SMILES string of the molecule is O=C(CN1CCCCc2ccccc21)NCCN1CCc2ccccc21. The molecule has 0 unspecified atom stereocenters. The predicted octanol–water partition coefficient (Wildman–Crippen LogP) is 3.01. The molecule has 2 aromatic carbocycles. The van der Waals surface area contributed by atoms with Crippen molar-refractivity contribution in [2.24, 2.45) is 0 Å². The molecule has 0 bridgehead atoms. The number of nitrogens with zero attached hydrogens (tertiary/aromatic N) is 2. The van der Waals surface area contributed by atoms with Crippen LogP contribution in [0.1, 0.15) is 24.0 Å². The summed E-state index contributed by atoms with van der Waals surface area (Å²) in [7, 11) is 0. The van der Waals surface area contributed by atoms with E-state index < -0.39 is 0 Å². The summed E-state index contributed by atoms with van der Waals surface area (Å²) < 4.78 is 0. The van der Waals surface area contributed by atoms with Crippen LogP contribution in [0.2, 0.25) is 0 Å². The number of carbonyl (C=O) groups excluding carboxylic acids is 1. The van der Waals surface area contributed by atoms with Crippen molar-refractivity contribution in [1.82, 2.24) is 5.32 Å². The number of hydrogen-bond donors (Lipinski definition) is 1. The van der Waals surface area contributed by atoms with Crippen LogP contribution in [0, 0.1) is 0 Å². The van der Waals surface area contributed by atoms with Gasteiger partial charge in [0, 0.05) is 37.6 Å². The van der Waals surface area contributed by atoms with E-state index in [1.165, 1.54) is 28.9 Å². The number of amides is 1. The Balaban J connectivity index is 1.30. The Labute approximate surface area is 155 Å². The summed E-state index contributed by atoms with van der Waals surface area (Å²) >= 11 is 0. The van der Waals surface area contributed by atoms with Crippen molar-refractivity contribution in [3.63, 3.8) is 0 Å². The van der Waals surface area contributed by atoms with Crippen molar-refractivity contribution < 1.29 is 4.79 Å². The fourth-order valence-electron chi connectivity index (χ4n) is 4.13. The standard InChI is InChI=1S/C22H27N3O/c26-22(17-25-14-6-5-9-18-7-1-4-11-21(18)25)23-13-16-24-15-12-19-8-2-3-10-20(19)24/h1-4,7-8,10-11H,5-6,9,12-17H2,(H,23,26). The molecule has 4 heteroatoms. The molecule has 0 spiro atoms. The van der Waals surface area contributed by atoms with Crippen LogP contribution in [0.5, 0.6) is 0 Å². The molecule has 1 N–H and O–H groups in total. The number of anilines is 2. The molecule has 0 radical (unpaired) electrons. The van der Waals surface area contributed by atoms with Crippen LogP contribution < -0.4 is 15.1 Å². The normalized spacial score (nSPS) is 16.0. The predicted molar refractivity (Wildman–Crippen MR) is 107 cm³/mol. The first-order chi connectivity index (χ1) is 12.8. The van der Waals surface area contributed by atoms with E-state index in [4.69, 9.17) is 0 Å². The fraction of sp³-hybridized carbons (Fsp3) is 0.409. The van der Waals surface area contributed by atoms with Crippen LogP contribution in [0.25, 0.3) is 0 Å². The van der Waals surface area contributed by atoms with Crippen LogP contribution in [0.15, 0.2) is 48.5 Å². The van der Waals surface area contributed by atoms with Gasteiger partial charge in [0.15, 0.2) is 0 Å². The lowest BCUT2D eigenvalue weighted by molar-refractivity contribution is -0.119. The molecule has 0 fully saturated rings. The summed E-state index contributed by atoms with van der Waals surface area (Å²) in [5.74, 6) is 0.120. The Morgan fingerprint density at radius 1 is 0.846 bits per heavy atom. The summed E-state index contributed by atoms with van der Waals surface area (Å²) in [4.78, 5) is 17.1. The molecule has 2 aliphatic rings. The van der Waals surface area contributed by atoms with Gasteiger partial charge in [-0.3, -0.25) is 4.79 Å². The number of fused-ring (bicyclic) bond motifs is 2. The van der Waals surface area contributed by atoms with E-state index in [-0.39, 0.29) is 5.91 Å². The summed E-state index contributed by atoms with van der Waals surface area (Å²) in [5, 5.41) is 3.12. The Kier molecular flexibility index (Phi) is 5.09. The zero-order chi connectivity index (χ0) is 17.8. The molecular formula is C22H27N3O. The quantitative estimate of drug-likeness (QED) is 0.901. The molecule has 2 heterocycles. The maximum absolute atomic E-state index is 12.5. The lowest BCUT2D eigenvalue weighted by Crippen LogP contribution is -2.41. The van der Waals surface area contributed by atoms with E-state index in [2.05, 4.69) is 63.6 Å². The molecule has 4 nitrogen and oxygen atoms in total.